The molecular formula is C21H25N3O5. The molecule has 29 heavy (non-hydrogen) atoms. The van der Waals surface area contributed by atoms with Gasteiger partial charge in [0.25, 0.3) is 16.8 Å². The van der Waals surface area contributed by atoms with Crippen molar-refractivity contribution in [3.05, 3.63) is 67.9 Å². The summed E-state index contributed by atoms with van der Waals surface area (Å²) in [6, 6.07) is 6.37. The molecule has 3 N–H and O–H groups in total. The lowest BCUT2D eigenvalue weighted by molar-refractivity contribution is 0.0824. The number of aryl methyl sites for hydroxylation is 1. The molecule has 0 spiro atoms. The van der Waals surface area contributed by atoms with E-state index in [9.17, 15) is 19.5 Å². The van der Waals surface area contributed by atoms with Crippen LogP contribution in [0.5, 0.6) is 5.75 Å². The lowest BCUT2D eigenvalue weighted by atomic mass is 10.1. The molecule has 3 aromatic rings. The van der Waals surface area contributed by atoms with Crippen LogP contribution in [-0.4, -0.2) is 30.0 Å². The van der Waals surface area contributed by atoms with E-state index in [1.807, 2.05) is 26.8 Å². The van der Waals surface area contributed by atoms with Gasteiger partial charge in [-0.05, 0) is 30.7 Å². The third kappa shape index (κ3) is 4.48. The third-order valence-electron chi connectivity index (χ3n) is 4.07. The molecule has 1 heterocycles. The van der Waals surface area contributed by atoms with Crippen LogP contribution in [-0.2, 0) is 6.54 Å². The highest BCUT2D eigenvalue weighted by Gasteiger charge is 2.23. The van der Waals surface area contributed by atoms with E-state index in [2.05, 4.69) is 10.6 Å². The van der Waals surface area contributed by atoms with Crippen LogP contribution in [0.4, 0.5) is 17.1 Å². The van der Waals surface area contributed by atoms with Gasteiger partial charge in [-0.1, -0.05) is 19.9 Å². The van der Waals surface area contributed by atoms with E-state index in [4.69, 9.17) is 4.42 Å². The van der Waals surface area contributed by atoms with Crippen LogP contribution in [0.1, 0.15) is 35.5 Å². The number of anilines is 3. The first-order valence-corrected chi connectivity index (χ1v) is 9.21. The van der Waals surface area contributed by atoms with Gasteiger partial charge in [0.15, 0.2) is 5.75 Å². The van der Waals surface area contributed by atoms with Crippen LogP contribution < -0.4 is 21.5 Å². The molecule has 0 fully saturated rings. The van der Waals surface area contributed by atoms with Crippen LogP contribution in [0.15, 0.2) is 44.5 Å². The number of amides is 1. The lowest BCUT2D eigenvalue weighted by Crippen LogP contribution is -2.36. The molecule has 0 unspecified atom stereocenters. The molecule has 1 amide bonds. The first kappa shape index (κ1) is 21.7. The number of benzene rings is 1. The van der Waals surface area contributed by atoms with Gasteiger partial charge in [-0.2, -0.15) is 0 Å². The van der Waals surface area contributed by atoms with Crippen molar-refractivity contribution in [3.8, 4) is 5.75 Å². The number of nitrogens with zero attached hydrogens (tertiary/aromatic N) is 1. The molecule has 8 heteroatoms. The van der Waals surface area contributed by atoms with Gasteiger partial charge < -0.3 is 25.1 Å². The molecule has 1 aromatic heterocycles. The number of para-hydroxylation sites is 1. The second-order valence-electron chi connectivity index (χ2n) is 6.38. The Morgan fingerprint density at radius 3 is 2.38 bits per heavy atom. The molecule has 2 aromatic carbocycles. The second-order valence-corrected chi connectivity index (χ2v) is 6.38. The summed E-state index contributed by atoms with van der Waals surface area (Å²) in [5.41, 5.74) is -0.0122. The van der Waals surface area contributed by atoms with Crippen molar-refractivity contribution in [1.82, 2.24) is 4.90 Å². The second kappa shape index (κ2) is 9.09. The topological polar surface area (TPSA) is 112 Å². The van der Waals surface area contributed by atoms with E-state index in [0.717, 1.165) is 5.56 Å². The highest BCUT2D eigenvalue weighted by atomic mass is 16.3. The fourth-order valence-electron chi connectivity index (χ4n) is 2.63. The maximum absolute atomic E-state index is 12.1. The number of hydrogen-bond donors (Lipinski definition) is 3. The van der Waals surface area contributed by atoms with Crippen LogP contribution in [0.3, 0.4) is 0 Å². The van der Waals surface area contributed by atoms with E-state index >= 15 is 0 Å². The summed E-state index contributed by atoms with van der Waals surface area (Å²) >= 11 is 0. The number of carbonyl (C=O) groups excluding carboxylic acids is 1. The molecule has 0 radical (unpaired) electrons. The minimum Gasteiger partial charge on any atom is -0.505 e. The van der Waals surface area contributed by atoms with Crippen molar-refractivity contribution in [3.63, 3.8) is 0 Å². The minimum atomic E-state index is -0.697. The van der Waals surface area contributed by atoms with E-state index in [0.29, 0.717) is 5.76 Å². The number of phenols is 1. The van der Waals surface area contributed by atoms with Crippen LogP contribution in [0.2, 0.25) is 0 Å². The number of furan rings is 1. The Morgan fingerprint density at radius 1 is 1.14 bits per heavy atom. The van der Waals surface area contributed by atoms with Crippen LogP contribution >= 0.6 is 0 Å². The van der Waals surface area contributed by atoms with Gasteiger partial charge in [0.05, 0.1) is 24.1 Å². The fraction of sp³-hybridized carbons (Fsp3) is 0.286. The molecule has 0 bridgehead atoms. The fourth-order valence-corrected chi connectivity index (χ4v) is 2.63. The predicted octanol–water partition coefficient (Wildman–Crippen LogP) is 2.97. The van der Waals surface area contributed by atoms with Crippen LogP contribution in [0.25, 0.3) is 0 Å². The normalized spacial score (nSPS) is 10.2. The van der Waals surface area contributed by atoms with Crippen molar-refractivity contribution < 1.29 is 14.3 Å². The zero-order valence-corrected chi connectivity index (χ0v) is 17.1. The van der Waals surface area contributed by atoms with Gasteiger partial charge in [0, 0.05) is 14.1 Å². The van der Waals surface area contributed by atoms with Crippen LogP contribution in [0, 0.1) is 6.92 Å². The molecule has 0 atom stereocenters. The SMILES string of the molecule is CC.Cc1coc(CNc2c(Nc3cccc(C(=O)N(C)C)c3O)c(=O)c2=O)c1. The molecular weight excluding hydrogens is 374 g/mol. The molecule has 0 aliphatic carbocycles. The molecule has 154 valence electrons. The zero-order chi connectivity index (χ0) is 21.7. The molecule has 3 rings (SSSR count). The summed E-state index contributed by atoms with van der Waals surface area (Å²) in [6.07, 6.45) is 1.59. The van der Waals surface area contributed by atoms with Gasteiger partial charge in [0.2, 0.25) is 0 Å². The Kier molecular flexibility index (Phi) is 6.82. The minimum absolute atomic E-state index is 0.0352. The van der Waals surface area contributed by atoms with Gasteiger partial charge in [-0.15, -0.1) is 0 Å². The van der Waals surface area contributed by atoms with E-state index in [1.54, 1.807) is 26.4 Å². The predicted molar refractivity (Wildman–Crippen MR) is 113 cm³/mol. The monoisotopic (exact) mass is 399 g/mol. The Labute approximate surface area is 168 Å². The maximum atomic E-state index is 12.1. The van der Waals surface area contributed by atoms with Crippen molar-refractivity contribution in [2.45, 2.75) is 27.3 Å². The number of carbonyl (C=O) groups is 1. The summed E-state index contributed by atoms with van der Waals surface area (Å²) in [6.45, 7) is 6.11. The number of nitrogens with one attached hydrogen (secondary N) is 2. The van der Waals surface area contributed by atoms with Crippen molar-refractivity contribution in [2.75, 3.05) is 24.7 Å². The largest absolute Gasteiger partial charge is 0.505 e. The van der Waals surface area contributed by atoms with Crippen molar-refractivity contribution >= 4 is 23.0 Å². The first-order chi connectivity index (χ1) is 13.8. The standard InChI is InChI=1S/C19H19N3O5.C2H6/c1-10-7-11(27-9-10)8-20-14-15(18(25)17(14)24)21-13-6-4-5-12(16(13)23)19(26)22(2)3;1-2/h4-7,9,20-21,23H,8H2,1-3H3;1-2H3. The average Bonchev–Trinajstić information content (AvgIpc) is 3.14. The third-order valence-corrected chi connectivity index (χ3v) is 4.07. The molecule has 8 nitrogen and oxygen atoms in total. The molecule has 0 aliphatic rings. The Balaban J connectivity index is 0.00000145. The van der Waals surface area contributed by atoms with Gasteiger partial charge in [-0.3, -0.25) is 14.4 Å². The number of aromatic hydroxyl groups is 1. The molecule has 0 aliphatic heterocycles. The average molecular weight is 399 g/mol. The summed E-state index contributed by atoms with van der Waals surface area (Å²) in [7, 11) is 3.13. The molecule has 0 saturated carbocycles. The zero-order valence-electron chi connectivity index (χ0n) is 17.1. The number of rotatable bonds is 6. The highest BCUT2D eigenvalue weighted by molar-refractivity contribution is 5.99. The van der Waals surface area contributed by atoms with Gasteiger partial charge >= 0.3 is 0 Å². The Morgan fingerprint density at radius 2 is 1.79 bits per heavy atom. The Bertz CT molecular complexity index is 1070. The van der Waals surface area contributed by atoms with E-state index in [-0.39, 0.29) is 40.8 Å². The summed E-state index contributed by atoms with van der Waals surface area (Å²) < 4.78 is 5.30. The molecule has 0 saturated heterocycles. The summed E-state index contributed by atoms with van der Waals surface area (Å²) in [5, 5.41) is 16.0. The number of hydrogen-bond acceptors (Lipinski definition) is 7. The smallest absolute Gasteiger partial charge is 0.257 e. The summed E-state index contributed by atoms with van der Waals surface area (Å²) in [5.74, 6) is -0.0579. The van der Waals surface area contributed by atoms with Gasteiger partial charge in [0.1, 0.15) is 17.1 Å². The summed E-state index contributed by atoms with van der Waals surface area (Å²) in [4.78, 5) is 37.3. The van der Waals surface area contributed by atoms with Crippen molar-refractivity contribution in [1.29, 1.82) is 0 Å². The highest BCUT2D eigenvalue weighted by Crippen LogP contribution is 2.32. The van der Waals surface area contributed by atoms with Gasteiger partial charge in [-0.25, -0.2) is 0 Å². The Hall–Kier alpha value is -3.55. The van der Waals surface area contributed by atoms with Crippen molar-refractivity contribution in [2.24, 2.45) is 0 Å². The quantitative estimate of drug-likeness (QED) is 0.431. The van der Waals surface area contributed by atoms with E-state index < -0.39 is 10.9 Å². The first-order valence-electron chi connectivity index (χ1n) is 9.21. The maximum Gasteiger partial charge on any atom is 0.257 e. The lowest BCUT2D eigenvalue weighted by Gasteiger charge is -2.17. The van der Waals surface area contributed by atoms with E-state index in [1.165, 1.54) is 17.0 Å². The number of phenolic OH excluding ortho intramolecular Hbond substituents is 1.